The van der Waals surface area contributed by atoms with Gasteiger partial charge < -0.3 is 25.8 Å². The van der Waals surface area contributed by atoms with E-state index in [0.717, 1.165) is 41.1 Å². The minimum Gasteiger partial charge on any atom is -0.459 e. The Morgan fingerprint density at radius 3 is 2.88 bits per heavy atom. The van der Waals surface area contributed by atoms with Crippen LogP contribution >= 0.6 is 0 Å². The molecule has 1 aromatic carbocycles. The second-order valence-corrected chi connectivity index (χ2v) is 5.77. The zero-order chi connectivity index (χ0) is 16.5. The molecule has 0 radical (unpaired) electrons. The Morgan fingerprint density at radius 2 is 2.12 bits per heavy atom. The highest BCUT2D eigenvalue weighted by atomic mass is 16.3. The summed E-state index contributed by atoms with van der Waals surface area (Å²) in [5, 5.41) is 17.1. The van der Waals surface area contributed by atoms with Gasteiger partial charge in [0.05, 0.1) is 6.26 Å². The molecular weight excluding hydrogens is 304 g/mol. The standard InChI is InChI=1S/C17H18N6O/c1-19-14-8-12(3-2-10(14)9-18)21-17-22-13-6-7-24-15(13)16(23-17)20-11-4-5-11/h2-3,6-9,11,18-19H,4-5H2,1H3,(H2,20,21,22,23). The lowest BCUT2D eigenvalue weighted by atomic mass is 10.1. The van der Waals surface area contributed by atoms with E-state index in [9.17, 15) is 0 Å². The molecule has 0 amide bonds. The molecule has 3 aromatic rings. The molecule has 4 rings (SSSR count). The Morgan fingerprint density at radius 1 is 1.25 bits per heavy atom. The fraction of sp³-hybridized carbons (Fsp3) is 0.235. The molecule has 122 valence electrons. The zero-order valence-corrected chi connectivity index (χ0v) is 13.3. The molecule has 0 aliphatic heterocycles. The second-order valence-electron chi connectivity index (χ2n) is 5.77. The Labute approximate surface area is 139 Å². The lowest BCUT2D eigenvalue weighted by molar-refractivity contribution is 0.614. The van der Waals surface area contributed by atoms with Crippen LogP contribution < -0.4 is 16.0 Å². The second kappa shape index (κ2) is 5.84. The van der Waals surface area contributed by atoms with Gasteiger partial charge in [-0.2, -0.15) is 4.98 Å². The molecule has 0 unspecified atom stereocenters. The summed E-state index contributed by atoms with van der Waals surface area (Å²) in [5.41, 5.74) is 3.99. The summed E-state index contributed by atoms with van der Waals surface area (Å²) in [6.07, 6.45) is 5.26. The highest BCUT2D eigenvalue weighted by Crippen LogP contribution is 2.30. The van der Waals surface area contributed by atoms with Crippen LogP contribution in [0.25, 0.3) is 11.1 Å². The van der Waals surface area contributed by atoms with Gasteiger partial charge in [-0.15, -0.1) is 0 Å². The number of fused-ring (bicyclic) bond motifs is 1. The third-order valence-electron chi connectivity index (χ3n) is 3.96. The van der Waals surface area contributed by atoms with Crippen LogP contribution in [0.1, 0.15) is 18.4 Å². The average molecular weight is 322 g/mol. The van der Waals surface area contributed by atoms with E-state index in [0.29, 0.717) is 17.6 Å². The molecule has 0 spiro atoms. The van der Waals surface area contributed by atoms with Gasteiger partial charge in [-0.1, -0.05) is 0 Å². The largest absolute Gasteiger partial charge is 0.459 e. The fourth-order valence-corrected chi connectivity index (χ4v) is 2.54. The molecule has 4 N–H and O–H groups in total. The van der Waals surface area contributed by atoms with Gasteiger partial charge in [-0.25, -0.2) is 4.98 Å². The number of anilines is 4. The summed E-state index contributed by atoms with van der Waals surface area (Å²) >= 11 is 0. The van der Waals surface area contributed by atoms with Gasteiger partial charge in [0.2, 0.25) is 5.95 Å². The topological polar surface area (TPSA) is 98.9 Å². The van der Waals surface area contributed by atoms with Gasteiger partial charge in [-0.3, -0.25) is 0 Å². The first kappa shape index (κ1) is 14.5. The van der Waals surface area contributed by atoms with Crippen molar-refractivity contribution in [2.24, 2.45) is 0 Å². The maximum absolute atomic E-state index is 7.42. The number of nitrogens with one attached hydrogen (secondary N) is 4. The van der Waals surface area contributed by atoms with Crippen LogP contribution in [0.15, 0.2) is 34.9 Å². The minimum absolute atomic E-state index is 0.476. The highest BCUT2D eigenvalue weighted by Gasteiger charge is 2.23. The molecule has 1 aliphatic carbocycles. The summed E-state index contributed by atoms with van der Waals surface area (Å²) in [6, 6.07) is 8.01. The van der Waals surface area contributed by atoms with Crippen LogP contribution in [0.4, 0.5) is 23.1 Å². The fourth-order valence-electron chi connectivity index (χ4n) is 2.54. The van der Waals surface area contributed by atoms with Crippen LogP contribution in [-0.4, -0.2) is 29.3 Å². The van der Waals surface area contributed by atoms with Crippen LogP contribution in [0, 0.1) is 5.41 Å². The molecule has 1 saturated carbocycles. The summed E-state index contributed by atoms with van der Waals surface area (Å²) in [4.78, 5) is 9.05. The van der Waals surface area contributed by atoms with Crippen molar-refractivity contribution in [1.82, 2.24) is 9.97 Å². The van der Waals surface area contributed by atoms with Crippen LogP contribution in [0.5, 0.6) is 0 Å². The first-order valence-electron chi connectivity index (χ1n) is 7.88. The van der Waals surface area contributed by atoms with E-state index in [1.165, 1.54) is 6.21 Å². The summed E-state index contributed by atoms with van der Waals surface area (Å²) in [6.45, 7) is 0. The molecule has 0 bridgehead atoms. The highest BCUT2D eigenvalue weighted by molar-refractivity contribution is 5.88. The lowest BCUT2D eigenvalue weighted by Gasteiger charge is -2.11. The molecule has 7 heteroatoms. The molecular formula is C17H18N6O. The molecule has 0 atom stereocenters. The summed E-state index contributed by atoms with van der Waals surface area (Å²) in [5.74, 6) is 1.23. The molecule has 7 nitrogen and oxygen atoms in total. The number of hydrogen-bond donors (Lipinski definition) is 4. The van der Waals surface area contributed by atoms with Crippen molar-refractivity contribution in [3.63, 3.8) is 0 Å². The molecule has 1 fully saturated rings. The van der Waals surface area contributed by atoms with Crippen molar-refractivity contribution in [2.75, 3.05) is 23.0 Å². The van der Waals surface area contributed by atoms with Gasteiger partial charge in [0.25, 0.3) is 0 Å². The SMILES string of the molecule is CNc1cc(Nc2nc(NC3CC3)c3occc3n2)ccc1C=N. The molecule has 24 heavy (non-hydrogen) atoms. The van der Waals surface area contributed by atoms with E-state index < -0.39 is 0 Å². The zero-order valence-electron chi connectivity index (χ0n) is 13.3. The molecule has 2 heterocycles. The van der Waals surface area contributed by atoms with E-state index >= 15 is 0 Å². The van der Waals surface area contributed by atoms with E-state index in [2.05, 4.69) is 25.9 Å². The van der Waals surface area contributed by atoms with Crippen molar-refractivity contribution in [2.45, 2.75) is 18.9 Å². The van der Waals surface area contributed by atoms with Gasteiger partial charge in [0.1, 0.15) is 5.52 Å². The third kappa shape index (κ3) is 2.76. The molecule has 1 aliphatic rings. The minimum atomic E-state index is 0.476. The predicted octanol–water partition coefficient (Wildman–Crippen LogP) is 3.58. The quantitative estimate of drug-likeness (QED) is 0.518. The van der Waals surface area contributed by atoms with E-state index in [1.807, 2.05) is 31.3 Å². The van der Waals surface area contributed by atoms with E-state index in [-0.39, 0.29) is 0 Å². The Hall–Kier alpha value is -3.09. The number of benzene rings is 1. The Kier molecular flexibility index (Phi) is 3.53. The number of aromatic nitrogens is 2. The van der Waals surface area contributed by atoms with Gasteiger partial charge in [-0.05, 0) is 31.0 Å². The van der Waals surface area contributed by atoms with Crippen molar-refractivity contribution >= 4 is 40.5 Å². The Bertz CT molecular complexity index is 899. The third-order valence-corrected chi connectivity index (χ3v) is 3.96. The summed E-state index contributed by atoms with van der Waals surface area (Å²) in [7, 11) is 1.83. The number of furan rings is 1. The lowest BCUT2D eigenvalue weighted by Crippen LogP contribution is -2.06. The first-order valence-corrected chi connectivity index (χ1v) is 7.88. The van der Waals surface area contributed by atoms with Crippen molar-refractivity contribution in [3.8, 4) is 0 Å². The molecule has 0 saturated heterocycles. The number of nitrogens with zero attached hydrogens (tertiary/aromatic N) is 2. The van der Waals surface area contributed by atoms with Crippen LogP contribution in [0.3, 0.4) is 0 Å². The number of rotatable bonds is 6. The van der Waals surface area contributed by atoms with Crippen LogP contribution in [0.2, 0.25) is 0 Å². The van der Waals surface area contributed by atoms with Crippen molar-refractivity contribution in [1.29, 1.82) is 5.41 Å². The van der Waals surface area contributed by atoms with Gasteiger partial charge in [0.15, 0.2) is 11.4 Å². The summed E-state index contributed by atoms with van der Waals surface area (Å²) < 4.78 is 5.50. The van der Waals surface area contributed by atoms with Crippen molar-refractivity contribution < 1.29 is 4.42 Å². The maximum Gasteiger partial charge on any atom is 0.229 e. The van der Waals surface area contributed by atoms with E-state index in [4.69, 9.17) is 9.83 Å². The smallest absolute Gasteiger partial charge is 0.229 e. The maximum atomic E-state index is 7.42. The average Bonchev–Trinajstić information content (AvgIpc) is 3.28. The van der Waals surface area contributed by atoms with Crippen LogP contribution in [-0.2, 0) is 0 Å². The van der Waals surface area contributed by atoms with Gasteiger partial charge in [0, 0.05) is 42.3 Å². The Balaban J connectivity index is 1.67. The first-order chi connectivity index (χ1) is 11.8. The molecule has 2 aromatic heterocycles. The monoisotopic (exact) mass is 322 g/mol. The predicted molar refractivity (Wildman–Crippen MR) is 95.6 cm³/mol. The van der Waals surface area contributed by atoms with Crippen molar-refractivity contribution in [3.05, 3.63) is 36.1 Å². The van der Waals surface area contributed by atoms with Gasteiger partial charge >= 0.3 is 0 Å². The normalized spacial score (nSPS) is 13.7. The van der Waals surface area contributed by atoms with E-state index in [1.54, 1.807) is 6.26 Å². The number of hydrogen-bond acceptors (Lipinski definition) is 7.